The van der Waals surface area contributed by atoms with Crippen molar-refractivity contribution in [3.05, 3.63) is 17.6 Å². The third kappa shape index (κ3) is 1.95. The van der Waals surface area contributed by atoms with Gasteiger partial charge in [-0.3, -0.25) is 4.68 Å². The Hall–Kier alpha value is -1.36. The van der Waals surface area contributed by atoms with Crippen molar-refractivity contribution in [1.29, 1.82) is 0 Å². The Balaban J connectivity index is 2.41. The maximum atomic E-state index is 5.63. The van der Waals surface area contributed by atoms with Gasteiger partial charge in [-0.25, -0.2) is 0 Å². The van der Waals surface area contributed by atoms with Gasteiger partial charge in [0, 0.05) is 6.54 Å². The Morgan fingerprint density at radius 1 is 1.44 bits per heavy atom. The highest BCUT2D eigenvalue weighted by Gasteiger charge is 2.14. The molecule has 0 radical (unpaired) electrons. The average Bonchev–Trinajstić information content (AvgIpc) is 2.94. The summed E-state index contributed by atoms with van der Waals surface area (Å²) in [5.41, 5.74) is 1.87. The van der Waals surface area contributed by atoms with Crippen LogP contribution >= 0.6 is 11.6 Å². The Bertz CT molecular complexity index is 477. The van der Waals surface area contributed by atoms with Crippen LogP contribution in [0.3, 0.4) is 0 Å². The summed E-state index contributed by atoms with van der Waals surface area (Å²) in [5, 5.41) is 8.18. The van der Waals surface area contributed by atoms with Crippen LogP contribution in [0.4, 0.5) is 0 Å². The van der Waals surface area contributed by atoms with Gasteiger partial charge in [-0.05, 0) is 19.4 Å². The van der Waals surface area contributed by atoms with Crippen LogP contribution < -0.4 is 0 Å². The highest BCUT2D eigenvalue weighted by molar-refractivity contribution is 6.16. The molecule has 16 heavy (non-hydrogen) atoms. The molecule has 0 bridgehead atoms. The minimum absolute atomic E-state index is 0.254. The SMILES string of the molecule is CCc1cc(-c2nc(CCl)no2)n(CC)n1. The topological polar surface area (TPSA) is 56.7 Å². The summed E-state index contributed by atoms with van der Waals surface area (Å²) in [6, 6.07) is 1.97. The number of aromatic nitrogens is 4. The highest BCUT2D eigenvalue weighted by atomic mass is 35.5. The lowest BCUT2D eigenvalue weighted by Gasteiger charge is -1.97. The Kier molecular flexibility index (Phi) is 3.24. The zero-order valence-electron chi connectivity index (χ0n) is 9.27. The smallest absolute Gasteiger partial charge is 0.276 e. The second kappa shape index (κ2) is 4.65. The molecule has 6 heteroatoms. The van der Waals surface area contributed by atoms with Crippen molar-refractivity contribution in [3.8, 4) is 11.6 Å². The van der Waals surface area contributed by atoms with Crippen molar-refractivity contribution in [2.75, 3.05) is 0 Å². The molecule has 0 spiro atoms. The van der Waals surface area contributed by atoms with Crippen molar-refractivity contribution in [2.24, 2.45) is 0 Å². The van der Waals surface area contributed by atoms with E-state index in [4.69, 9.17) is 16.1 Å². The number of rotatable bonds is 4. The van der Waals surface area contributed by atoms with Crippen molar-refractivity contribution in [3.63, 3.8) is 0 Å². The Morgan fingerprint density at radius 2 is 2.25 bits per heavy atom. The molecule has 0 aliphatic rings. The van der Waals surface area contributed by atoms with Crippen LogP contribution in [0.1, 0.15) is 25.4 Å². The van der Waals surface area contributed by atoms with Crippen LogP contribution in [0.5, 0.6) is 0 Å². The third-order valence-corrected chi connectivity index (χ3v) is 2.54. The number of nitrogens with zero attached hydrogens (tertiary/aromatic N) is 4. The molecule has 2 heterocycles. The molecule has 0 aliphatic carbocycles. The van der Waals surface area contributed by atoms with E-state index in [-0.39, 0.29) is 5.88 Å². The lowest BCUT2D eigenvalue weighted by molar-refractivity contribution is 0.420. The minimum Gasteiger partial charge on any atom is -0.332 e. The predicted molar refractivity (Wildman–Crippen MR) is 60.1 cm³/mol. The van der Waals surface area contributed by atoms with Gasteiger partial charge in [0.1, 0.15) is 5.69 Å². The van der Waals surface area contributed by atoms with Gasteiger partial charge in [0.05, 0.1) is 11.6 Å². The molecular formula is C10H13ClN4O. The molecule has 0 fully saturated rings. The fraction of sp³-hybridized carbons (Fsp3) is 0.500. The predicted octanol–water partition coefficient (Wildman–Crippen LogP) is 2.25. The van der Waals surface area contributed by atoms with Crippen LogP contribution in [0.25, 0.3) is 11.6 Å². The second-order valence-corrected chi connectivity index (χ2v) is 3.61. The first kappa shape index (κ1) is 11.1. The van der Waals surface area contributed by atoms with Gasteiger partial charge in [-0.1, -0.05) is 12.1 Å². The van der Waals surface area contributed by atoms with Gasteiger partial charge in [0.25, 0.3) is 5.89 Å². The van der Waals surface area contributed by atoms with Crippen molar-refractivity contribution in [2.45, 2.75) is 32.7 Å². The first-order chi connectivity index (χ1) is 7.78. The maximum absolute atomic E-state index is 5.63. The Labute approximate surface area is 98.4 Å². The molecule has 0 N–H and O–H groups in total. The summed E-state index contributed by atoms with van der Waals surface area (Å²) in [6.07, 6.45) is 0.885. The van der Waals surface area contributed by atoms with Crippen molar-refractivity contribution in [1.82, 2.24) is 19.9 Å². The monoisotopic (exact) mass is 240 g/mol. The van der Waals surface area contributed by atoms with E-state index in [0.29, 0.717) is 11.7 Å². The zero-order valence-corrected chi connectivity index (χ0v) is 10.0. The van der Waals surface area contributed by atoms with Crippen molar-refractivity contribution < 1.29 is 4.52 Å². The third-order valence-electron chi connectivity index (χ3n) is 2.30. The largest absolute Gasteiger partial charge is 0.332 e. The summed E-state index contributed by atoms with van der Waals surface area (Å²) >= 11 is 5.63. The molecule has 0 saturated carbocycles. The molecular weight excluding hydrogens is 228 g/mol. The summed E-state index contributed by atoms with van der Waals surface area (Å²) in [6.45, 7) is 4.85. The van der Waals surface area contributed by atoms with Gasteiger partial charge >= 0.3 is 0 Å². The standard InChI is InChI=1S/C10H13ClN4O/c1-3-7-5-8(15(4-2)13-7)10-12-9(6-11)14-16-10/h5H,3-4,6H2,1-2H3. The molecule has 0 aromatic carbocycles. The molecule has 86 valence electrons. The zero-order chi connectivity index (χ0) is 11.5. The van der Waals surface area contributed by atoms with E-state index in [2.05, 4.69) is 22.2 Å². The van der Waals surface area contributed by atoms with E-state index in [0.717, 1.165) is 24.4 Å². The molecule has 0 atom stereocenters. The highest BCUT2D eigenvalue weighted by Crippen LogP contribution is 2.19. The lowest BCUT2D eigenvalue weighted by atomic mass is 10.3. The number of halogens is 1. The van der Waals surface area contributed by atoms with E-state index < -0.39 is 0 Å². The van der Waals surface area contributed by atoms with Gasteiger partial charge in [0.15, 0.2) is 5.82 Å². The molecule has 0 saturated heterocycles. The van der Waals surface area contributed by atoms with Crippen LogP contribution in [-0.4, -0.2) is 19.9 Å². The molecule has 0 amide bonds. The lowest BCUT2D eigenvalue weighted by Crippen LogP contribution is -1.99. The Morgan fingerprint density at radius 3 is 2.81 bits per heavy atom. The average molecular weight is 241 g/mol. The molecule has 2 rings (SSSR count). The summed E-state index contributed by atoms with van der Waals surface area (Å²) in [5.74, 6) is 1.23. The van der Waals surface area contributed by atoms with Crippen molar-refractivity contribution >= 4 is 11.6 Å². The number of alkyl halides is 1. The molecule has 2 aromatic rings. The van der Waals surface area contributed by atoms with Crippen LogP contribution in [0.2, 0.25) is 0 Å². The van der Waals surface area contributed by atoms with Crippen LogP contribution in [0, 0.1) is 0 Å². The first-order valence-corrected chi connectivity index (χ1v) is 5.77. The number of hydrogen-bond donors (Lipinski definition) is 0. The van der Waals surface area contributed by atoms with Gasteiger partial charge in [-0.2, -0.15) is 10.1 Å². The van der Waals surface area contributed by atoms with E-state index in [1.54, 1.807) is 0 Å². The first-order valence-electron chi connectivity index (χ1n) is 5.24. The quantitative estimate of drug-likeness (QED) is 0.770. The molecule has 0 unspecified atom stereocenters. The normalized spacial score (nSPS) is 10.9. The number of hydrogen-bond acceptors (Lipinski definition) is 4. The van der Waals surface area contributed by atoms with E-state index in [1.165, 1.54) is 0 Å². The minimum atomic E-state index is 0.254. The van der Waals surface area contributed by atoms with E-state index in [9.17, 15) is 0 Å². The summed E-state index contributed by atoms with van der Waals surface area (Å²) in [4.78, 5) is 4.18. The number of aryl methyl sites for hydroxylation is 2. The van der Waals surface area contributed by atoms with Gasteiger partial charge < -0.3 is 4.52 Å². The van der Waals surface area contributed by atoms with E-state index in [1.807, 2.05) is 17.7 Å². The van der Waals surface area contributed by atoms with Crippen LogP contribution in [0.15, 0.2) is 10.6 Å². The van der Waals surface area contributed by atoms with Crippen LogP contribution in [-0.2, 0) is 18.8 Å². The summed E-state index contributed by atoms with van der Waals surface area (Å²) in [7, 11) is 0. The van der Waals surface area contributed by atoms with Gasteiger partial charge in [-0.15, -0.1) is 11.6 Å². The summed E-state index contributed by atoms with van der Waals surface area (Å²) < 4.78 is 6.99. The molecule has 5 nitrogen and oxygen atoms in total. The van der Waals surface area contributed by atoms with E-state index >= 15 is 0 Å². The molecule has 2 aromatic heterocycles. The fourth-order valence-corrected chi connectivity index (χ4v) is 1.58. The maximum Gasteiger partial charge on any atom is 0.276 e. The van der Waals surface area contributed by atoms with Gasteiger partial charge in [0.2, 0.25) is 0 Å². The molecule has 0 aliphatic heterocycles. The second-order valence-electron chi connectivity index (χ2n) is 3.34. The fourth-order valence-electron chi connectivity index (χ4n) is 1.47.